The van der Waals surface area contributed by atoms with E-state index in [1.54, 1.807) is 0 Å². The van der Waals surface area contributed by atoms with Crippen molar-refractivity contribution in [1.29, 1.82) is 5.26 Å². The fourth-order valence-electron chi connectivity index (χ4n) is 2.27. The summed E-state index contributed by atoms with van der Waals surface area (Å²) in [5.41, 5.74) is 6.07. The predicted octanol–water partition coefficient (Wildman–Crippen LogP) is 1.97. The monoisotopic (exact) mass is 208 g/mol. The number of hydrogen-bond acceptors (Lipinski definition) is 3. The minimum Gasteiger partial charge on any atom is -0.378 e. The van der Waals surface area contributed by atoms with Gasteiger partial charge in [-0.15, -0.1) is 0 Å². The zero-order valence-corrected chi connectivity index (χ0v) is 9.24. The molecule has 0 spiro atoms. The second kappa shape index (κ2) is 4.51. The Labute approximate surface area is 91.6 Å². The van der Waals surface area contributed by atoms with Crippen LogP contribution in [-0.4, -0.2) is 18.8 Å². The van der Waals surface area contributed by atoms with Gasteiger partial charge in [0.1, 0.15) is 0 Å². The van der Waals surface area contributed by atoms with Gasteiger partial charge in [0.25, 0.3) is 0 Å². The van der Waals surface area contributed by atoms with Crippen LogP contribution in [-0.2, 0) is 4.74 Å². The lowest BCUT2D eigenvalue weighted by Crippen LogP contribution is -2.31. The first kappa shape index (κ1) is 10.9. The Morgan fingerprint density at radius 3 is 2.47 bits per heavy atom. The van der Waals surface area contributed by atoms with Crippen molar-refractivity contribution < 1.29 is 4.74 Å². The number of rotatable bonds is 4. The molecule has 0 aromatic heterocycles. The Hall–Kier alpha value is -0.590. The number of nitrogens with two attached hydrogens (primary N) is 1. The van der Waals surface area contributed by atoms with Crippen molar-refractivity contribution in [2.24, 2.45) is 11.1 Å². The first-order valence-corrected chi connectivity index (χ1v) is 5.98. The zero-order valence-electron chi connectivity index (χ0n) is 9.24. The summed E-state index contributed by atoms with van der Waals surface area (Å²) in [6.07, 6.45) is 7.80. The van der Waals surface area contributed by atoms with Crippen LogP contribution in [0.4, 0.5) is 0 Å². The summed E-state index contributed by atoms with van der Waals surface area (Å²) in [7, 11) is 0. The Bertz CT molecular complexity index is 247. The van der Waals surface area contributed by atoms with Gasteiger partial charge in [-0.05, 0) is 38.5 Å². The van der Waals surface area contributed by atoms with Gasteiger partial charge in [-0.2, -0.15) is 5.26 Å². The average Bonchev–Trinajstić information content (AvgIpc) is 2.99. The summed E-state index contributed by atoms with van der Waals surface area (Å²) in [6, 6.07) is 2.65. The fraction of sp³-hybridized carbons (Fsp3) is 0.917. The third kappa shape index (κ3) is 2.93. The molecule has 2 rings (SSSR count). The van der Waals surface area contributed by atoms with Gasteiger partial charge >= 0.3 is 0 Å². The molecule has 0 bridgehead atoms. The molecule has 0 atom stereocenters. The highest BCUT2D eigenvalue weighted by atomic mass is 16.5. The third-order valence-corrected chi connectivity index (χ3v) is 3.76. The van der Waals surface area contributed by atoms with Gasteiger partial charge in [0.05, 0.1) is 18.8 Å². The molecule has 0 unspecified atom stereocenters. The molecule has 0 aromatic carbocycles. The SMILES string of the molecule is N#CCC1(COC2CCC(N)CC2)CC1. The van der Waals surface area contributed by atoms with Crippen LogP contribution in [0.25, 0.3) is 0 Å². The fourth-order valence-corrected chi connectivity index (χ4v) is 2.27. The van der Waals surface area contributed by atoms with E-state index in [1.165, 1.54) is 12.8 Å². The highest BCUT2D eigenvalue weighted by Crippen LogP contribution is 2.49. The Kier molecular flexibility index (Phi) is 3.28. The Balaban J connectivity index is 1.68. The summed E-state index contributed by atoms with van der Waals surface area (Å²) in [5.74, 6) is 0. The van der Waals surface area contributed by atoms with Crippen LogP contribution in [0.3, 0.4) is 0 Å². The molecular formula is C12H20N2O. The van der Waals surface area contributed by atoms with Crippen LogP contribution in [0.15, 0.2) is 0 Å². The van der Waals surface area contributed by atoms with Crippen LogP contribution in [0.2, 0.25) is 0 Å². The molecule has 3 nitrogen and oxygen atoms in total. The summed E-state index contributed by atoms with van der Waals surface area (Å²) in [4.78, 5) is 0. The topological polar surface area (TPSA) is 59.0 Å². The lowest BCUT2D eigenvalue weighted by Gasteiger charge is -2.27. The maximum Gasteiger partial charge on any atom is 0.0628 e. The van der Waals surface area contributed by atoms with Crippen molar-refractivity contribution in [3.05, 3.63) is 0 Å². The van der Waals surface area contributed by atoms with E-state index in [4.69, 9.17) is 15.7 Å². The lowest BCUT2D eigenvalue weighted by atomic mass is 9.93. The smallest absolute Gasteiger partial charge is 0.0628 e. The average molecular weight is 208 g/mol. The van der Waals surface area contributed by atoms with Gasteiger partial charge < -0.3 is 10.5 Å². The maximum absolute atomic E-state index is 8.69. The Morgan fingerprint density at radius 2 is 1.93 bits per heavy atom. The van der Waals surface area contributed by atoms with E-state index in [0.29, 0.717) is 18.6 Å². The first-order valence-electron chi connectivity index (χ1n) is 5.98. The van der Waals surface area contributed by atoms with Gasteiger partial charge in [-0.25, -0.2) is 0 Å². The lowest BCUT2D eigenvalue weighted by molar-refractivity contribution is 0.0000743. The highest BCUT2D eigenvalue weighted by molar-refractivity contribution is 4.99. The highest BCUT2D eigenvalue weighted by Gasteiger charge is 2.43. The van der Waals surface area contributed by atoms with Crippen LogP contribution in [0, 0.1) is 16.7 Å². The first-order chi connectivity index (χ1) is 7.24. The molecule has 0 radical (unpaired) electrons. The molecule has 3 heteroatoms. The van der Waals surface area contributed by atoms with E-state index in [-0.39, 0.29) is 5.41 Å². The predicted molar refractivity (Wildman–Crippen MR) is 58.1 cm³/mol. The van der Waals surface area contributed by atoms with E-state index in [2.05, 4.69) is 6.07 Å². The maximum atomic E-state index is 8.69. The molecule has 2 aliphatic rings. The van der Waals surface area contributed by atoms with E-state index >= 15 is 0 Å². The molecule has 0 saturated heterocycles. The van der Waals surface area contributed by atoms with Crippen molar-refractivity contribution in [2.45, 2.75) is 57.1 Å². The zero-order chi connectivity index (χ0) is 10.7. The van der Waals surface area contributed by atoms with Crippen molar-refractivity contribution in [3.8, 4) is 6.07 Å². The molecule has 2 saturated carbocycles. The Morgan fingerprint density at radius 1 is 1.27 bits per heavy atom. The molecule has 2 aliphatic carbocycles. The van der Waals surface area contributed by atoms with Crippen LogP contribution >= 0.6 is 0 Å². The van der Waals surface area contributed by atoms with Crippen LogP contribution in [0.1, 0.15) is 44.9 Å². The van der Waals surface area contributed by atoms with Gasteiger partial charge in [-0.3, -0.25) is 0 Å². The summed E-state index contributed by atoms with van der Waals surface area (Å²) in [6.45, 7) is 0.792. The molecule has 2 N–H and O–H groups in total. The van der Waals surface area contributed by atoms with Crippen LogP contribution < -0.4 is 5.73 Å². The minimum absolute atomic E-state index is 0.230. The third-order valence-electron chi connectivity index (χ3n) is 3.76. The van der Waals surface area contributed by atoms with Crippen molar-refractivity contribution >= 4 is 0 Å². The molecule has 84 valence electrons. The normalized spacial score (nSPS) is 33.3. The van der Waals surface area contributed by atoms with E-state index < -0.39 is 0 Å². The van der Waals surface area contributed by atoms with E-state index in [1.807, 2.05) is 0 Å². The molecule has 15 heavy (non-hydrogen) atoms. The summed E-state index contributed by atoms with van der Waals surface area (Å²) in [5, 5.41) is 8.69. The van der Waals surface area contributed by atoms with Gasteiger partial charge in [0, 0.05) is 17.9 Å². The molecule has 0 aromatic rings. The van der Waals surface area contributed by atoms with Crippen molar-refractivity contribution in [2.75, 3.05) is 6.61 Å². The minimum atomic E-state index is 0.230. The molecule has 0 heterocycles. The number of nitrogens with zero attached hydrogens (tertiary/aromatic N) is 1. The van der Waals surface area contributed by atoms with E-state index in [0.717, 1.165) is 32.3 Å². The van der Waals surface area contributed by atoms with Gasteiger partial charge in [0.2, 0.25) is 0 Å². The second-order valence-electron chi connectivity index (χ2n) is 5.18. The summed E-state index contributed by atoms with van der Waals surface area (Å²) < 4.78 is 5.90. The van der Waals surface area contributed by atoms with Gasteiger partial charge in [-0.1, -0.05) is 0 Å². The molecular weight excluding hydrogens is 188 g/mol. The number of hydrogen-bond donors (Lipinski definition) is 1. The second-order valence-corrected chi connectivity index (χ2v) is 5.18. The van der Waals surface area contributed by atoms with Crippen LogP contribution in [0.5, 0.6) is 0 Å². The number of nitriles is 1. The molecule has 0 aliphatic heterocycles. The molecule has 2 fully saturated rings. The van der Waals surface area contributed by atoms with Crippen molar-refractivity contribution in [1.82, 2.24) is 0 Å². The molecule has 0 amide bonds. The largest absolute Gasteiger partial charge is 0.378 e. The number of ether oxygens (including phenoxy) is 1. The van der Waals surface area contributed by atoms with E-state index in [9.17, 15) is 0 Å². The van der Waals surface area contributed by atoms with Crippen molar-refractivity contribution in [3.63, 3.8) is 0 Å². The van der Waals surface area contributed by atoms with Gasteiger partial charge in [0.15, 0.2) is 0 Å². The summed E-state index contributed by atoms with van der Waals surface area (Å²) >= 11 is 0. The standard InChI is InChI=1S/C12H20N2O/c13-8-7-12(5-6-12)9-15-11-3-1-10(14)2-4-11/h10-11H,1-7,9,14H2. The quantitative estimate of drug-likeness (QED) is 0.768.